The van der Waals surface area contributed by atoms with E-state index in [2.05, 4.69) is 15.6 Å². The van der Waals surface area contributed by atoms with Gasteiger partial charge in [-0.1, -0.05) is 19.1 Å². The molecule has 0 aliphatic carbocycles. The van der Waals surface area contributed by atoms with Gasteiger partial charge in [0.1, 0.15) is 0 Å². The zero-order valence-corrected chi connectivity index (χ0v) is 17.6. The van der Waals surface area contributed by atoms with E-state index >= 15 is 0 Å². The normalized spacial score (nSPS) is 13.2. The molecule has 2 rings (SSSR count). The smallest absolute Gasteiger partial charge is 0.279 e. The lowest BCUT2D eigenvalue weighted by Crippen LogP contribution is -2.47. The van der Waals surface area contributed by atoms with Crippen LogP contribution < -0.4 is 20.3 Å². The molecule has 0 aromatic heterocycles. The van der Waals surface area contributed by atoms with Gasteiger partial charge in [-0.3, -0.25) is 20.4 Å². The third kappa shape index (κ3) is 6.26. The fraction of sp³-hybridized carbons (Fsp3) is 0.300. The molecular weight excluding hydrogens is 413 g/mol. The lowest BCUT2D eigenvalue weighted by Gasteiger charge is -2.15. The Morgan fingerprint density at radius 3 is 2.27 bits per heavy atom. The fourth-order valence-corrected chi connectivity index (χ4v) is 3.60. The van der Waals surface area contributed by atoms with Crippen molar-refractivity contribution in [3.8, 4) is 5.75 Å². The van der Waals surface area contributed by atoms with Crippen LogP contribution in [-0.4, -0.2) is 32.4 Å². The average Bonchev–Trinajstić information content (AvgIpc) is 2.73. The summed E-state index contributed by atoms with van der Waals surface area (Å²) in [6.07, 6.45) is -0.431. The highest BCUT2D eigenvalue weighted by Crippen LogP contribution is 2.17. The molecule has 0 saturated heterocycles. The molecule has 0 radical (unpaired) electrons. The topological polar surface area (TPSA) is 114 Å². The van der Waals surface area contributed by atoms with Gasteiger partial charge in [0.15, 0.2) is 17.7 Å². The Kier molecular flexibility index (Phi) is 7.90. The number of para-hydroxylation sites is 1. The lowest BCUT2D eigenvalue weighted by atomic mass is 10.2. The molecule has 3 N–H and O–H groups in total. The van der Waals surface area contributed by atoms with Crippen LogP contribution >= 0.6 is 0 Å². The summed E-state index contributed by atoms with van der Waals surface area (Å²) in [7, 11) is -3.68. The van der Waals surface area contributed by atoms with E-state index in [9.17, 15) is 22.4 Å². The standard InChI is InChI=1S/C20H24FN3O5S/c1-4-13(2)24-30(27,28)16-11-9-15(10-12-16)20(26)23-22-19(25)14(3)29-18-8-6-5-7-17(18)21/h5-14,24H,4H2,1-3H3,(H,22,25)(H,23,26). The van der Waals surface area contributed by atoms with Gasteiger partial charge in [0, 0.05) is 11.6 Å². The van der Waals surface area contributed by atoms with E-state index in [0.717, 1.165) is 0 Å². The molecule has 30 heavy (non-hydrogen) atoms. The molecule has 2 aromatic rings. The van der Waals surface area contributed by atoms with Gasteiger partial charge in [0.05, 0.1) is 4.90 Å². The van der Waals surface area contributed by atoms with Gasteiger partial charge in [0.25, 0.3) is 11.8 Å². The molecule has 0 bridgehead atoms. The molecule has 0 aliphatic heterocycles. The highest BCUT2D eigenvalue weighted by molar-refractivity contribution is 7.89. The Hall–Kier alpha value is -2.98. The van der Waals surface area contributed by atoms with Crippen molar-refractivity contribution < 1.29 is 27.1 Å². The second kappa shape index (κ2) is 10.2. The van der Waals surface area contributed by atoms with E-state index in [4.69, 9.17) is 4.74 Å². The van der Waals surface area contributed by atoms with Crippen LogP contribution in [0.2, 0.25) is 0 Å². The maximum atomic E-state index is 13.6. The van der Waals surface area contributed by atoms with Crippen LogP contribution in [0.5, 0.6) is 5.75 Å². The number of nitrogens with one attached hydrogen (secondary N) is 3. The van der Waals surface area contributed by atoms with Gasteiger partial charge in [-0.25, -0.2) is 17.5 Å². The van der Waals surface area contributed by atoms with E-state index in [0.29, 0.717) is 6.42 Å². The molecular formula is C20H24FN3O5S. The van der Waals surface area contributed by atoms with Crippen molar-refractivity contribution in [2.45, 2.75) is 44.2 Å². The minimum absolute atomic E-state index is 0.0234. The van der Waals surface area contributed by atoms with Crippen molar-refractivity contribution in [2.24, 2.45) is 0 Å². The van der Waals surface area contributed by atoms with Crippen LogP contribution in [-0.2, 0) is 14.8 Å². The number of hydrogen-bond donors (Lipinski definition) is 3. The van der Waals surface area contributed by atoms with Crippen LogP contribution in [0.15, 0.2) is 53.4 Å². The molecule has 0 heterocycles. The van der Waals surface area contributed by atoms with Crippen LogP contribution in [0.1, 0.15) is 37.6 Å². The summed E-state index contributed by atoms with van der Waals surface area (Å²) in [6, 6.07) is 10.7. The van der Waals surface area contributed by atoms with Crippen LogP contribution in [0.4, 0.5) is 4.39 Å². The number of carbonyl (C=O) groups excluding carboxylic acids is 2. The summed E-state index contributed by atoms with van der Waals surface area (Å²) in [4.78, 5) is 24.3. The van der Waals surface area contributed by atoms with Gasteiger partial charge in [0.2, 0.25) is 10.0 Å². The summed E-state index contributed by atoms with van der Waals surface area (Å²) in [5, 5.41) is 0. The first-order valence-corrected chi connectivity index (χ1v) is 10.8. The summed E-state index contributed by atoms with van der Waals surface area (Å²) in [5.74, 6) is -2.04. The largest absolute Gasteiger partial charge is 0.478 e. The first-order chi connectivity index (χ1) is 14.1. The number of rotatable bonds is 8. The number of hydrazine groups is 1. The van der Waals surface area contributed by atoms with Gasteiger partial charge in [-0.05, 0) is 56.7 Å². The van der Waals surface area contributed by atoms with Crippen molar-refractivity contribution in [3.63, 3.8) is 0 Å². The second-order valence-corrected chi connectivity index (χ2v) is 8.30. The minimum Gasteiger partial charge on any atom is -0.478 e. The average molecular weight is 437 g/mol. The lowest BCUT2D eigenvalue weighted by molar-refractivity contribution is -0.128. The molecule has 0 fully saturated rings. The zero-order valence-electron chi connectivity index (χ0n) is 16.8. The Balaban J connectivity index is 1.93. The maximum absolute atomic E-state index is 13.6. The first kappa shape index (κ1) is 23.3. The molecule has 2 atom stereocenters. The first-order valence-electron chi connectivity index (χ1n) is 9.27. The summed E-state index contributed by atoms with van der Waals surface area (Å²) in [5.41, 5.74) is 4.52. The Morgan fingerprint density at radius 2 is 1.67 bits per heavy atom. The van der Waals surface area contributed by atoms with Gasteiger partial charge >= 0.3 is 0 Å². The minimum atomic E-state index is -3.68. The second-order valence-electron chi connectivity index (χ2n) is 6.59. The SMILES string of the molecule is CCC(C)NS(=O)(=O)c1ccc(C(=O)NNC(=O)C(C)Oc2ccccc2F)cc1. The van der Waals surface area contributed by atoms with E-state index in [1.165, 1.54) is 49.4 Å². The van der Waals surface area contributed by atoms with E-state index < -0.39 is 33.8 Å². The number of hydrogen-bond acceptors (Lipinski definition) is 5. The molecule has 10 heteroatoms. The molecule has 8 nitrogen and oxygen atoms in total. The van der Waals surface area contributed by atoms with Gasteiger partial charge < -0.3 is 4.74 Å². The van der Waals surface area contributed by atoms with Crippen molar-refractivity contribution in [1.29, 1.82) is 0 Å². The van der Waals surface area contributed by atoms with Crippen molar-refractivity contribution in [2.75, 3.05) is 0 Å². The Morgan fingerprint density at radius 1 is 1.03 bits per heavy atom. The number of halogens is 1. The predicted molar refractivity (Wildman–Crippen MR) is 109 cm³/mol. The third-order valence-electron chi connectivity index (χ3n) is 4.20. The van der Waals surface area contributed by atoms with Gasteiger partial charge in [-0.15, -0.1) is 0 Å². The zero-order chi connectivity index (χ0) is 22.3. The van der Waals surface area contributed by atoms with Crippen molar-refractivity contribution in [3.05, 3.63) is 59.9 Å². The summed E-state index contributed by atoms with van der Waals surface area (Å²) >= 11 is 0. The Bertz CT molecular complexity index is 996. The van der Waals surface area contributed by atoms with Crippen LogP contribution in [0.3, 0.4) is 0 Å². The molecule has 0 spiro atoms. The highest BCUT2D eigenvalue weighted by atomic mass is 32.2. The Labute approximate surface area is 174 Å². The van der Waals surface area contributed by atoms with E-state index in [1.54, 1.807) is 13.0 Å². The number of carbonyl (C=O) groups is 2. The number of ether oxygens (including phenoxy) is 1. The van der Waals surface area contributed by atoms with Crippen molar-refractivity contribution >= 4 is 21.8 Å². The molecule has 162 valence electrons. The molecule has 0 aliphatic rings. The van der Waals surface area contributed by atoms with Crippen molar-refractivity contribution in [1.82, 2.24) is 15.6 Å². The molecule has 0 saturated carbocycles. The highest BCUT2D eigenvalue weighted by Gasteiger charge is 2.19. The van der Waals surface area contributed by atoms with Crippen LogP contribution in [0, 0.1) is 5.82 Å². The van der Waals surface area contributed by atoms with Gasteiger partial charge in [-0.2, -0.15) is 0 Å². The third-order valence-corrected chi connectivity index (χ3v) is 5.81. The number of benzene rings is 2. The van der Waals surface area contributed by atoms with Crippen LogP contribution in [0.25, 0.3) is 0 Å². The van der Waals surface area contributed by atoms with E-state index in [-0.39, 0.29) is 22.3 Å². The molecule has 2 unspecified atom stereocenters. The quantitative estimate of drug-likeness (QED) is 0.548. The predicted octanol–water partition coefficient (Wildman–Crippen LogP) is 2.13. The number of sulfonamides is 1. The van der Waals surface area contributed by atoms with E-state index in [1.807, 2.05) is 6.92 Å². The molecule has 2 amide bonds. The fourth-order valence-electron chi connectivity index (χ4n) is 2.28. The summed E-state index contributed by atoms with van der Waals surface area (Å²) in [6.45, 7) is 5.01. The monoisotopic (exact) mass is 437 g/mol. The summed E-state index contributed by atoms with van der Waals surface area (Å²) < 4.78 is 45.8. The molecule has 2 aromatic carbocycles. The maximum Gasteiger partial charge on any atom is 0.279 e. The number of amides is 2.